The van der Waals surface area contributed by atoms with Crippen LogP contribution in [0.5, 0.6) is 0 Å². The SMILES string of the molecule is C[C@H]1C(=O)O[C@H](Br)[C@@H]1Sc1ccccc1. The van der Waals surface area contributed by atoms with Gasteiger partial charge in [0.05, 0.1) is 11.2 Å². The first-order valence-corrected chi connectivity index (χ1v) is 6.54. The second kappa shape index (κ2) is 4.58. The number of esters is 1. The van der Waals surface area contributed by atoms with Crippen LogP contribution in [-0.2, 0) is 9.53 Å². The first-order valence-electron chi connectivity index (χ1n) is 4.75. The van der Waals surface area contributed by atoms with Crippen LogP contribution in [0.3, 0.4) is 0 Å². The Morgan fingerprint density at radius 1 is 1.33 bits per heavy atom. The van der Waals surface area contributed by atoms with Gasteiger partial charge in [0.25, 0.3) is 0 Å². The molecule has 0 radical (unpaired) electrons. The molecule has 1 aromatic carbocycles. The molecule has 1 aromatic rings. The summed E-state index contributed by atoms with van der Waals surface area (Å²) in [5, 5.41) is -0.0230. The van der Waals surface area contributed by atoms with E-state index >= 15 is 0 Å². The lowest BCUT2D eigenvalue weighted by Gasteiger charge is -2.13. The Morgan fingerprint density at radius 2 is 2.00 bits per heavy atom. The van der Waals surface area contributed by atoms with Gasteiger partial charge in [-0.25, -0.2) is 0 Å². The van der Waals surface area contributed by atoms with Crippen molar-refractivity contribution < 1.29 is 9.53 Å². The summed E-state index contributed by atoms with van der Waals surface area (Å²) in [4.78, 5) is 12.5. The predicted molar refractivity (Wildman–Crippen MR) is 64.1 cm³/mol. The topological polar surface area (TPSA) is 26.3 Å². The lowest BCUT2D eigenvalue weighted by atomic mass is 10.1. The average Bonchev–Trinajstić information content (AvgIpc) is 2.47. The number of alkyl halides is 1. The highest BCUT2D eigenvalue weighted by Crippen LogP contribution is 2.38. The van der Waals surface area contributed by atoms with Gasteiger partial charge >= 0.3 is 5.97 Å². The van der Waals surface area contributed by atoms with E-state index in [-0.39, 0.29) is 22.2 Å². The van der Waals surface area contributed by atoms with E-state index in [2.05, 4.69) is 15.9 Å². The third-order valence-electron chi connectivity index (χ3n) is 2.37. The van der Waals surface area contributed by atoms with Gasteiger partial charge in [-0.3, -0.25) is 4.79 Å². The van der Waals surface area contributed by atoms with Gasteiger partial charge in [0, 0.05) is 4.90 Å². The molecule has 0 spiro atoms. The van der Waals surface area contributed by atoms with Crippen molar-refractivity contribution in [2.24, 2.45) is 5.92 Å². The van der Waals surface area contributed by atoms with Crippen LogP contribution in [0.15, 0.2) is 35.2 Å². The summed E-state index contributed by atoms with van der Waals surface area (Å²) < 4.78 is 5.12. The highest BCUT2D eigenvalue weighted by atomic mass is 79.9. The maximum atomic E-state index is 11.3. The van der Waals surface area contributed by atoms with Crippen LogP contribution in [0.4, 0.5) is 0 Å². The fraction of sp³-hybridized carbons (Fsp3) is 0.364. The molecule has 0 bridgehead atoms. The molecule has 0 amide bonds. The number of hydrogen-bond acceptors (Lipinski definition) is 3. The van der Waals surface area contributed by atoms with Crippen LogP contribution in [-0.4, -0.2) is 16.2 Å². The molecule has 80 valence electrons. The van der Waals surface area contributed by atoms with Gasteiger partial charge in [0.1, 0.15) is 0 Å². The minimum atomic E-state index is -0.176. The third-order valence-corrected chi connectivity index (χ3v) is 4.95. The Balaban J connectivity index is 2.09. The normalized spacial score (nSPS) is 30.3. The second-order valence-corrected chi connectivity index (χ2v) is 5.63. The van der Waals surface area contributed by atoms with E-state index in [9.17, 15) is 4.79 Å². The van der Waals surface area contributed by atoms with Crippen molar-refractivity contribution in [1.29, 1.82) is 0 Å². The van der Waals surface area contributed by atoms with E-state index in [1.165, 1.54) is 0 Å². The van der Waals surface area contributed by atoms with Gasteiger partial charge < -0.3 is 4.74 Å². The average molecular weight is 287 g/mol. The lowest BCUT2D eigenvalue weighted by molar-refractivity contribution is -0.141. The Bertz CT molecular complexity index is 355. The van der Waals surface area contributed by atoms with Crippen LogP contribution in [0, 0.1) is 5.92 Å². The van der Waals surface area contributed by atoms with E-state index in [4.69, 9.17) is 4.74 Å². The summed E-state index contributed by atoms with van der Waals surface area (Å²) in [5.74, 6) is -0.176. The second-order valence-electron chi connectivity index (χ2n) is 3.47. The number of rotatable bonds is 2. The van der Waals surface area contributed by atoms with Gasteiger partial charge in [0.15, 0.2) is 5.01 Å². The molecule has 2 rings (SSSR count). The van der Waals surface area contributed by atoms with Crippen molar-refractivity contribution in [3.8, 4) is 0 Å². The Hall–Kier alpha value is -0.480. The summed E-state index contributed by atoms with van der Waals surface area (Å²) in [6.45, 7) is 1.91. The molecule has 15 heavy (non-hydrogen) atoms. The summed E-state index contributed by atoms with van der Waals surface area (Å²) in [7, 11) is 0. The molecule has 0 aliphatic carbocycles. The van der Waals surface area contributed by atoms with Gasteiger partial charge in [-0.15, -0.1) is 11.8 Å². The maximum absolute atomic E-state index is 11.3. The van der Waals surface area contributed by atoms with Crippen molar-refractivity contribution in [2.45, 2.75) is 22.1 Å². The molecular formula is C11H11BrO2S. The first kappa shape index (κ1) is 11.0. The van der Waals surface area contributed by atoms with Crippen LogP contribution in [0.1, 0.15) is 6.92 Å². The number of halogens is 1. The molecule has 1 heterocycles. The minimum Gasteiger partial charge on any atom is -0.449 e. The minimum absolute atomic E-state index is 0.0559. The van der Waals surface area contributed by atoms with Gasteiger partial charge in [-0.05, 0) is 28.1 Å². The van der Waals surface area contributed by atoms with E-state index in [1.54, 1.807) is 11.8 Å². The fourth-order valence-electron chi connectivity index (χ4n) is 1.46. The van der Waals surface area contributed by atoms with Crippen LogP contribution < -0.4 is 0 Å². The molecule has 2 nitrogen and oxygen atoms in total. The summed E-state index contributed by atoms with van der Waals surface area (Å²) in [5.41, 5.74) is 0. The van der Waals surface area contributed by atoms with Crippen molar-refractivity contribution >= 4 is 33.7 Å². The Morgan fingerprint density at radius 3 is 2.53 bits per heavy atom. The van der Waals surface area contributed by atoms with E-state index in [0.29, 0.717) is 0 Å². The number of carbonyl (C=O) groups excluding carboxylic acids is 1. The number of ether oxygens (including phenoxy) is 1. The molecule has 1 fully saturated rings. The molecular weight excluding hydrogens is 276 g/mol. The van der Waals surface area contributed by atoms with Crippen molar-refractivity contribution in [2.75, 3.05) is 0 Å². The number of thioether (sulfide) groups is 1. The molecule has 1 saturated heterocycles. The highest BCUT2D eigenvalue weighted by molar-refractivity contribution is 9.09. The van der Waals surface area contributed by atoms with Gasteiger partial charge in [0.2, 0.25) is 0 Å². The monoisotopic (exact) mass is 286 g/mol. The number of carbonyl (C=O) groups is 1. The summed E-state index contributed by atoms with van der Waals surface area (Å²) >= 11 is 5.06. The van der Waals surface area contributed by atoms with E-state index in [1.807, 2.05) is 37.3 Å². The quantitative estimate of drug-likeness (QED) is 0.617. The maximum Gasteiger partial charge on any atom is 0.311 e. The third kappa shape index (κ3) is 2.37. The van der Waals surface area contributed by atoms with E-state index in [0.717, 1.165) is 4.90 Å². The van der Waals surface area contributed by atoms with Crippen LogP contribution >= 0.6 is 27.7 Å². The van der Waals surface area contributed by atoms with E-state index < -0.39 is 0 Å². The molecule has 1 aliphatic heterocycles. The highest BCUT2D eigenvalue weighted by Gasteiger charge is 2.40. The summed E-state index contributed by atoms with van der Waals surface area (Å²) in [6.07, 6.45) is 0. The zero-order chi connectivity index (χ0) is 10.8. The molecule has 4 heteroatoms. The fourth-order valence-corrected chi connectivity index (χ4v) is 3.53. The molecule has 0 unspecified atom stereocenters. The van der Waals surface area contributed by atoms with Gasteiger partial charge in [-0.2, -0.15) is 0 Å². The Kier molecular flexibility index (Phi) is 3.36. The molecule has 3 atom stereocenters. The van der Waals surface area contributed by atoms with Crippen molar-refractivity contribution in [3.63, 3.8) is 0 Å². The molecule has 0 N–H and O–H groups in total. The smallest absolute Gasteiger partial charge is 0.311 e. The number of hydrogen-bond donors (Lipinski definition) is 0. The van der Waals surface area contributed by atoms with Crippen LogP contribution in [0.25, 0.3) is 0 Å². The summed E-state index contributed by atoms with van der Waals surface area (Å²) in [6, 6.07) is 10.1. The standard InChI is InChI=1S/C11H11BrO2S/c1-7-9(10(12)14-11(7)13)15-8-5-3-2-4-6-8/h2-7,9-10H,1H3/t7-,9-,10+/m1/s1. The number of benzene rings is 1. The predicted octanol–water partition coefficient (Wildman–Crippen LogP) is 3.06. The lowest BCUT2D eigenvalue weighted by Crippen LogP contribution is -2.17. The van der Waals surface area contributed by atoms with Crippen LogP contribution in [0.2, 0.25) is 0 Å². The Labute approximate surface area is 102 Å². The van der Waals surface area contributed by atoms with Gasteiger partial charge in [-0.1, -0.05) is 25.1 Å². The van der Waals surface area contributed by atoms with Crippen molar-refractivity contribution in [1.82, 2.24) is 0 Å². The number of cyclic esters (lactones) is 1. The molecule has 1 aliphatic rings. The zero-order valence-electron chi connectivity index (χ0n) is 8.22. The first-order chi connectivity index (χ1) is 7.18. The zero-order valence-corrected chi connectivity index (χ0v) is 10.6. The molecule has 0 saturated carbocycles. The molecule has 0 aromatic heterocycles. The van der Waals surface area contributed by atoms with Crippen molar-refractivity contribution in [3.05, 3.63) is 30.3 Å². The largest absolute Gasteiger partial charge is 0.449 e.